The molecule has 0 unspecified atom stereocenters. The predicted octanol–water partition coefficient (Wildman–Crippen LogP) is 2.84. The average Bonchev–Trinajstić information content (AvgIpc) is 3.15. The van der Waals surface area contributed by atoms with Crippen molar-refractivity contribution in [1.82, 2.24) is 8.87 Å². The van der Waals surface area contributed by atoms with Gasteiger partial charge < -0.3 is 4.57 Å². The summed E-state index contributed by atoms with van der Waals surface area (Å²) in [6, 6.07) is 10.2. The molecule has 2 heterocycles. The summed E-state index contributed by atoms with van der Waals surface area (Å²) in [7, 11) is -7.52. The zero-order valence-electron chi connectivity index (χ0n) is 19.1. The number of benzene rings is 2. The van der Waals surface area contributed by atoms with E-state index in [4.69, 9.17) is 5.14 Å². The molecule has 12 heteroatoms. The van der Waals surface area contributed by atoms with Gasteiger partial charge in [0.2, 0.25) is 20.0 Å². The van der Waals surface area contributed by atoms with Gasteiger partial charge in [0.25, 0.3) is 5.91 Å². The van der Waals surface area contributed by atoms with Crippen LogP contribution in [0, 0.1) is 0 Å². The number of thiazole rings is 1. The summed E-state index contributed by atoms with van der Waals surface area (Å²) in [5.41, 5.74) is 0.925. The summed E-state index contributed by atoms with van der Waals surface area (Å²) in [6.45, 7) is 6.48. The Morgan fingerprint density at radius 1 is 1.14 bits per heavy atom. The molecule has 1 fully saturated rings. The highest BCUT2D eigenvalue weighted by molar-refractivity contribution is 7.89. The second-order valence-corrected chi connectivity index (χ2v) is 12.8. The van der Waals surface area contributed by atoms with E-state index in [2.05, 4.69) is 11.6 Å². The van der Waals surface area contributed by atoms with E-state index in [-0.39, 0.29) is 21.4 Å². The number of sulfonamides is 2. The van der Waals surface area contributed by atoms with Gasteiger partial charge in [-0.25, -0.2) is 22.0 Å². The molecule has 35 heavy (non-hydrogen) atoms. The fourth-order valence-electron chi connectivity index (χ4n) is 4.11. The number of fused-ring (bicyclic) bond motifs is 1. The van der Waals surface area contributed by atoms with Crippen LogP contribution >= 0.6 is 11.3 Å². The zero-order chi connectivity index (χ0) is 25.4. The molecule has 1 atom stereocenters. The molecule has 1 aromatic heterocycles. The first-order chi connectivity index (χ1) is 16.5. The molecule has 186 valence electrons. The number of carbonyl (C=O) groups is 1. The van der Waals surface area contributed by atoms with Crippen molar-refractivity contribution in [2.75, 3.05) is 6.54 Å². The van der Waals surface area contributed by atoms with Crippen molar-refractivity contribution in [2.45, 2.75) is 48.6 Å². The fraction of sp³-hybridized carbons (Fsp3) is 0.304. The van der Waals surface area contributed by atoms with Gasteiger partial charge in [-0.2, -0.15) is 9.30 Å². The number of hydrogen-bond acceptors (Lipinski definition) is 6. The van der Waals surface area contributed by atoms with E-state index in [1.165, 1.54) is 40.7 Å². The summed E-state index contributed by atoms with van der Waals surface area (Å²) < 4.78 is 53.4. The molecule has 3 aromatic rings. The summed E-state index contributed by atoms with van der Waals surface area (Å²) in [5, 5.41) is 5.24. The first-order valence-electron chi connectivity index (χ1n) is 11.0. The van der Waals surface area contributed by atoms with E-state index in [0.29, 0.717) is 28.1 Å². The molecule has 1 amide bonds. The monoisotopic (exact) mass is 534 g/mol. The third-order valence-electron chi connectivity index (χ3n) is 5.94. The first-order valence-corrected chi connectivity index (χ1v) is 14.8. The van der Waals surface area contributed by atoms with Crippen molar-refractivity contribution in [1.29, 1.82) is 0 Å². The minimum absolute atomic E-state index is 0.0327. The highest BCUT2D eigenvalue weighted by Crippen LogP contribution is 2.25. The maximum Gasteiger partial charge on any atom is 0.279 e. The molecule has 0 aliphatic carbocycles. The lowest BCUT2D eigenvalue weighted by molar-refractivity contribution is 0.0997. The molecule has 1 aliphatic heterocycles. The van der Waals surface area contributed by atoms with Crippen LogP contribution in [0.15, 0.2) is 69.9 Å². The van der Waals surface area contributed by atoms with E-state index >= 15 is 0 Å². The average molecular weight is 535 g/mol. The van der Waals surface area contributed by atoms with Gasteiger partial charge in [0.1, 0.15) is 0 Å². The third-order valence-corrected chi connectivity index (χ3v) is 9.92. The number of primary sulfonamides is 1. The normalized spacial score (nSPS) is 18.1. The molecular formula is C23H26N4O5S3. The Bertz CT molecular complexity index is 1570. The van der Waals surface area contributed by atoms with Gasteiger partial charge in [-0.05, 0) is 62.2 Å². The number of piperidine rings is 1. The Kier molecular flexibility index (Phi) is 7.11. The van der Waals surface area contributed by atoms with Crippen molar-refractivity contribution in [3.8, 4) is 0 Å². The minimum atomic E-state index is -3.88. The lowest BCUT2D eigenvalue weighted by atomic mass is 10.1. The van der Waals surface area contributed by atoms with Gasteiger partial charge in [-0.1, -0.05) is 23.8 Å². The molecule has 0 radical (unpaired) electrons. The van der Waals surface area contributed by atoms with Crippen LogP contribution in [0.3, 0.4) is 0 Å². The van der Waals surface area contributed by atoms with Crippen molar-refractivity contribution in [3.63, 3.8) is 0 Å². The van der Waals surface area contributed by atoms with Crippen molar-refractivity contribution < 1.29 is 21.6 Å². The van der Waals surface area contributed by atoms with Gasteiger partial charge in [-0.3, -0.25) is 4.79 Å². The predicted molar refractivity (Wildman–Crippen MR) is 135 cm³/mol. The van der Waals surface area contributed by atoms with Crippen LogP contribution in [0.4, 0.5) is 0 Å². The van der Waals surface area contributed by atoms with Crippen LogP contribution in [-0.4, -0.2) is 44.2 Å². The first kappa shape index (κ1) is 25.5. The van der Waals surface area contributed by atoms with Crippen LogP contribution in [0.5, 0.6) is 0 Å². The van der Waals surface area contributed by atoms with Gasteiger partial charge in [0.15, 0.2) is 4.80 Å². The summed E-state index contributed by atoms with van der Waals surface area (Å²) in [5.74, 6) is -0.545. The van der Waals surface area contributed by atoms with Gasteiger partial charge in [0, 0.05) is 24.7 Å². The quantitative estimate of drug-likeness (QED) is 0.486. The Morgan fingerprint density at radius 3 is 2.46 bits per heavy atom. The molecule has 1 aliphatic rings. The molecule has 2 N–H and O–H groups in total. The van der Waals surface area contributed by atoms with Crippen molar-refractivity contribution >= 4 is 47.5 Å². The van der Waals surface area contributed by atoms with E-state index in [1.807, 2.05) is 6.92 Å². The lowest BCUT2D eigenvalue weighted by Gasteiger charge is -2.32. The van der Waals surface area contributed by atoms with E-state index in [0.717, 1.165) is 30.6 Å². The topological polar surface area (TPSA) is 132 Å². The number of amides is 1. The highest BCUT2D eigenvalue weighted by atomic mass is 32.2. The fourth-order valence-corrected chi connectivity index (χ4v) is 7.50. The molecule has 0 spiro atoms. The van der Waals surface area contributed by atoms with Crippen LogP contribution in [-0.2, 0) is 26.6 Å². The summed E-state index contributed by atoms with van der Waals surface area (Å²) in [4.78, 5) is 17.6. The minimum Gasteiger partial charge on any atom is -0.312 e. The Labute approximate surface area is 208 Å². The van der Waals surface area contributed by atoms with E-state index in [9.17, 15) is 21.6 Å². The van der Waals surface area contributed by atoms with E-state index < -0.39 is 26.0 Å². The largest absolute Gasteiger partial charge is 0.312 e. The Balaban J connectivity index is 1.68. The molecule has 1 saturated heterocycles. The number of aromatic nitrogens is 1. The second kappa shape index (κ2) is 9.78. The molecule has 9 nitrogen and oxygen atoms in total. The number of rotatable bonds is 6. The maximum atomic E-state index is 13.0. The molecular weight excluding hydrogens is 508 g/mol. The summed E-state index contributed by atoms with van der Waals surface area (Å²) >= 11 is 1.15. The van der Waals surface area contributed by atoms with Crippen LogP contribution in [0.1, 0.15) is 36.5 Å². The van der Waals surface area contributed by atoms with Crippen LogP contribution in [0.25, 0.3) is 10.2 Å². The maximum absolute atomic E-state index is 13.0. The van der Waals surface area contributed by atoms with Crippen molar-refractivity contribution in [2.24, 2.45) is 10.1 Å². The van der Waals surface area contributed by atoms with Crippen LogP contribution < -0.4 is 9.94 Å². The number of nitrogens with two attached hydrogens (primary N) is 1. The molecule has 4 rings (SSSR count). The Morgan fingerprint density at radius 2 is 1.83 bits per heavy atom. The molecule has 0 saturated carbocycles. The number of carbonyl (C=O) groups excluding carboxylic acids is 1. The Hall–Kier alpha value is -2.64. The summed E-state index contributed by atoms with van der Waals surface area (Å²) in [6.07, 6.45) is 4.31. The molecule has 0 bridgehead atoms. The van der Waals surface area contributed by atoms with Gasteiger partial charge in [0.05, 0.1) is 20.0 Å². The second-order valence-electron chi connectivity index (χ2n) is 8.36. The lowest BCUT2D eigenvalue weighted by Crippen LogP contribution is -2.41. The number of nitrogens with zero attached hydrogens (tertiary/aromatic N) is 3. The SMILES string of the molecule is C=CCn1c(=NC(=O)c2ccc(S(=O)(=O)N3CCCC[C@@H]3C)cc2)sc2cc(S(N)(=O)=O)ccc21. The van der Waals surface area contributed by atoms with Gasteiger partial charge >= 0.3 is 0 Å². The van der Waals surface area contributed by atoms with E-state index in [1.54, 1.807) is 16.7 Å². The molecule has 2 aromatic carbocycles. The van der Waals surface area contributed by atoms with Crippen molar-refractivity contribution in [3.05, 3.63) is 65.5 Å². The highest BCUT2D eigenvalue weighted by Gasteiger charge is 2.30. The number of allylic oxidation sites excluding steroid dienone is 1. The third kappa shape index (κ3) is 5.16. The number of hydrogen-bond donors (Lipinski definition) is 1. The van der Waals surface area contributed by atoms with Crippen LogP contribution in [0.2, 0.25) is 0 Å². The zero-order valence-corrected chi connectivity index (χ0v) is 21.6. The standard InChI is InChI=1S/C23H26N4O5S3/c1-3-13-26-20-12-11-19(34(24,29)30)15-21(20)33-23(26)25-22(28)17-7-9-18(10-8-17)35(31,32)27-14-5-4-6-16(27)2/h3,7-12,15-16H,1,4-6,13-14H2,2H3,(H2,24,29,30)/t16-/m0/s1. The van der Waals surface area contributed by atoms with Gasteiger partial charge in [-0.15, -0.1) is 6.58 Å². The smallest absolute Gasteiger partial charge is 0.279 e.